The second-order valence-corrected chi connectivity index (χ2v) is 5.58. The molecule has 1 aromatic rings. The minimum Gasteiger partial charge on any atom is -0.398 e. The lowest BCUT2D eigenvalue weighted by Gasteiger charge is -2.20. The maximum Gasteiger partial charge on any atom is 0.253 e. The fourth-order valence-corrected chi connectivity index (χ4v) is 2.70. The Labute approximate surface area is 109 Å². The molecular formula is C15H22N2O. The standard InChI is InChI=1S/C15H22N2O/c1-9-4-6-12(13(16)8-9)15(18)17-14-7-5-10(2)11(14)3/h4,6,8,10-11,14H,5,7,16H2,1-3H3,(H,17,18). The zero-order valence-corrected chi connectivity index (χ0v) is 11.4. The van der Waals surface area contributed by atoms with Gasteiger partial charge in [-0.05, 0) is 49.3 Å². The summed E-state index contributed by atoms with van der Waals surface area (Å²) in [6, 6.07) is 5.86. The minimum absolute atomic E-state index is 0.0431. The van der Waals surface area contributed by atoms with Crippen LogP contribution in [0.2, 0.25) is 0 Å². The SMILES string of the molecule is Cc1ccc(C(=O)NC2CCC(C)C2C)c(N)c1. The molecule has 3 heteroatoms. The van der Waals surface area contributed by atoms with E-state index < -0.39 is 0 Å². The van der Waals surface area contributed by atoms with Gasteiger partial charge in [0.2, 0.25) is 0 Å². The zero-order chi connectivity index (χ0) is 13.3. The summed E-state index contributed by atoms with van der Waals surface area (Å²) < 4.78 is 0. The number of nitrogen functional groups attached to an aromatic ring is 1. The van der Waals surface area contributed by atoms with Crippen molar-refractivity contribution in [3.05, 3.63) is 29.3 Å². The highest BCUT2D eigenvalue weighted by Gasteiger charge is 2.31. The molecule has 3 nitrogen and oxygen atoms in total. The van der Waals surface area contributed by atoms with Crippen LogP contribution in [0.4, 0.5) is 5.69 Å². The van der Waals surface area contributed by atoms with Crippen molar-refractivity contribution in [2.24, 2.45) is 11.8 Å². The van der Waals surface area contributed by atoms with Gasteiger partial charge in [0.1, 0.15) is 0 Å². The lowest BCUT2D eigenvalue weighted by Crippen LogP contribution is -2.37. The third-order valence-corrected chi connectivity index (χ3v) is 4.23. The van der Waals surface area contributed by atoms with Gasteiger partial charge >= 0.3 is 0 Å². The molecule has 0 aliphatic heterocycles. The Balaban J connectivity index is 2.08. The average molecular weight is 246 g/mol. The van der Waals surface area contributed by atoms with Crippen molar-refractivity contribution in [2.75, 3.05) is 5.73 Å². The monoisotopic (exact) mass is 246 g/mol. The number of benzene rings is 1. The van der Waals surface area contributed by atoms with Gasteiger partial charge in [0, 0.05) is 11.7 Å². The molecule has 1 aromatic carbocycles. The van der Waals surface area contributed by atoms with Gasteiger partial charge in [-0.15, -0.1) is 0 Å². The van der Waals surface area contributed by atoms with E-state index in [2.05, 4.69) is 19.2 Å². The quantitative estimate of drug-likeness (QED) is 0.788. The lowest BCUT2D eigenvalue weighted by atomic mass is 9.97. The second-order valence-electron chi connectivity index (χ2n) is 5.58. The van der Waals surface area contributed by atoms with Gasteiger partial charge in [-0.25, -0.2) is 0 Å². The van der Waals surface area contributed by atoms with Gasteiger partial charge in [-0.2, -0.15) is 0 Å². The summed E-state index contributed by atoms with van der Waals surface area (Å²) in [5.74, 6) is 1.18. The number of aryl methyl sites for hydroxylation is 1. The van der Waals surface area contributed by atoms with E-state index in [1.807, 2.05) is 25.1 Å². The van der Waals surface area contributed by atoms with Gasteiger partial charge < -0.3 is 11.1 Å². The summed E-state index contributed by atoms with van der Waals surface area (Å²) in [6.07, 6.45) is 2.26. The number of carbonyl (C=O) groups excluding carboxylic acids is 1. The van der Waals surface area contributed by atoms with E-state index in [-0.39, 0.29) is 11.9 Å². The molecule has 1 saturated carbocycles. The number of rotatable bonds is 2. The summed E-state index contributed by atoms with van der Waals surface area (Å²) in [7, 11) is 0. The summed E-state index contributed by atoms with van der Waals surface area (Å²) in [5, 5.41) is 3.12. The summed E-state index contributed by atoms with van der Waals surface area (Å²) in [6.45, 7) is 6.43. The van der Waals surface area contributed by atoms with E-state index in [4.69, 9.17) is 5.73 Å². The van der Waals surface area contributed by atoms with Crippen molar-refractivity contribution in [3.63, 3.8) is 0 Å². The fraction of sp³-hybridized carbons (Fsp3) is 0.533. The predicted molar refractivity (Wildman–Crippen MR) is 74.4 cm³/mol. The van der Waals surface area contributed by atoms with Crippen LogP contribution in [-0.2, 0) is 0 Å². The first-order valence-electron chi connectivity index (χ1n) is 6.66. The zero-order valence-electron chi connectivity index (χ0n) is 11.4. The Morgan fingerprint density at radius 1 is 1.33 bits per heavy atom. The Morgan fingerprint density at radius 3 is 2.61 bits per heavy atom. The van der Waals surface area contributed by atoms with E-state index in [1.165, 1.54) is 6.42 Å². The highest BCUT2D eigenvalue weighted by molar-refractivity contribution is 5.99. The summed E-state index contributed by atoms with van der Waals surface area (Å²) in [5.41, 5.74) is 8.12. The van der Waals surface area contributed by atoms with Crippen molar-refractivity contribution in [2.45, 2.75) is 39.7 Å². The number of amides is 1. The van der Waals surface area contributed by atoms with Crippen LogP contribution in [0.25, 0.3) is 0 Å². The number of carbonyl (C=O) groups is 1. The molecule has 98 valence electrons. The number of hydrogen-bond donors (Lipinski definition) is 2. The van der Waals surface area contributed by atoms with Crippen LogP contribution in [0.1, 0.15) is 42.6 Å². The highest BCUT2D eigenvalue weighted by atomic mass is 16.1. The molecule has 2 rings (SSSR count). The third kappa shape index (κ3) is 2.50. The number of hydrogen-bond acceptors (Lipinski definition) is 2. The Kier molecular flexibility index (Phi) is 3.60. The molecule has 1 aliphatic rings. The molecule has 1 aliphatic carbocycles. The minimum atomic E-state index is -0.0431. The second kappa shape index (κ2) is 5.01. The van der Waals surface area contributed by atoms with Crippen LogP contribution in [0, 0.1) is 18.8 Å². The van der Waals surface area contributed by atoms with Crippen LogP contribution in [0.5, 0.6) is 0 Å². The average Bonchev–Trinajstić information content (AvgIpc) is 2.61. The molecule has 0 spiro atoms. The maximum atomic E-state index is 12.2. The normalized spacial score (nSPS) is 27.2. The van der Waals surface area contributed by atoms with Crippen molar-refractivity contribution < 1.29 is 4.79 Å². The van der Waals surface area contributed by atoms with Crippen LogP contribution < -0.4 is 11.1 Å². The maximum absolute atomic E-state index is 12.2. The highest BCUT2D eigenvalue weighted by Crippen LogP contribution is 2.31. The summed E-state index contributed by atoms with van der Waals surface area (Å²) in [4.78, 5) is 12.2. The van der Waals surface area contributed by atoms with E-state index in [0.29, 0.717) is 23.1 Å². The van der Waals surface area contributed by atoms with Crippen LogP contribution in [0.15, 0.2) is 18.2 Å². The molecule has 0 aromatic heterocycles. The van der Waals surface area contributed by atoms with Gasteiger partial charge in [0.05, 0.1) is 5.56 Å². The van der Waals surface area contributed by atoms with Gasteiger partial charge in [0.15, 0.2) is 0 Å². The van der Waals surface area contributed by atoms with Crippen LogP contribution in [-0.4, -0.2) is 11.9 Å². The number of anilines is 1. The van der Waals surface area contributed by atoms with E-state index >= 15 is 0 Å². The van der Waals surface area contributed by atoms with Gasteiger partial charge in [-0.3, -0.25) is 4.79 Å². The molecule has 3 atom stereocenters. The largest absolute Gasteiger partial charge is 0.398 e. The topological polar surface area (TPSA) is 55.1 Å². The molecule has 3 N–H and O–H groups in total. The molecule has 1 fully saturated rings. The van der Waals surface area contributed by atoms with Crippen molar-refractivity contribution in [1.29, 1.82) is 0 Å². The smallest absolute Gasteiger partial charge is 0.253 e. The molecule has 18 heavy (non-hydrogen) atoms. The van der Waals surface area contributed by atoms with Crippen LogP contribution in [0.3, 0.4) is 0 Å². The molecule has 0 bridgehead atoms. The van der Waals surface area contributed by atoms with Gasteiger partial charge in [0.25, 0.3) is 5.91 Å². The van der Waals surface area contributed by atoms with Crippen LogP contribution >= 0.6 is 0 Å². The van der Waals surface area contributed by atoms with Gasteiger partial charge in [-0.1, -0.05) is 19.9 Å². The molecule has 3 unspecified atom stereocenters. The summed E-state index contributed by atoms with van der Waals surface area (Å²) >= 11 is 0. The van der Waals surface area contributed by atoms with E-state index in [0.717, 1.165) is 12.0 Å². The molecular weight excluding hydrogens is 224 g/mol. The van der Waals surface area contributed by atoms with Crippen molar-refractivity contribution >= 4 is 11.6 Å². The first-order valence-corrected chi connectivity index (χ1v) is 6.66. The molecule has 0 saturated heterocycles. The third-order valence-electron chi connectivity index (χ3n) is 4.23. The Bertz CT molecular complexity index is 456. The molecule has 0 radical (unpaired) electrons. The Morgan fingerprint density at radius 2 is 2.06 bits per heavy atom. The number of nitrogens with one attached hydrogen (secondary N) is 1. The van der Waals surface area contributed by atoms with Crippen molar-refractivity contribution in [3.8, 4) is 0 Å². The lowest BCUT2D eigenvalue weighted by molar-refractivity contribution is 0.0928. The molecule has 0 heterocycles. The first-order chi connectivity index (χ1) is 8.49. The number of nitrogens with two attached hydrogens (primary N) is 1. The predicted octanol–water partition coefficient (Wildman–Crippen LogP) is 2.74. The molecule has 1 amide bonds. The van der Waals surface area contributed by atoms with E-state index in [1.54, 1.807) is 0 Å². The Hall–Kier alpha value is -1.51. The van der Waals surface area contributed by atoms with E-state index in [9.17, 15) is 4.79 Å². The first kappa shape index (κ1) is 12.9. The van der Waals surface area contributed by atoms with Crippen molar-refractivity contribution in [1.82, 2.24) is 5.32 Å². The fourth-order valence-electron chi connectivity index (χ4n) is 2.70.